The molecular formula is C13H21NS. The molecule has 0 amide bonds. The van der Waals surface area contributed by atoms with Gasteiger partial charge < -0.3 is 5.73 Å². The van der Waals surface area contributed by atoms with E-state index >= 15 is 0 Å². The average Bonchev–Trinajstić information content (AvgIpc) is 2.25. The van der Waals surface area contributed by atoms with Crippen molar-refractivity contribution in [1.29, 1.82) is 0 Å². The molecule has 1 aromatic carbocycles. The lowest BCUT2D eigenvalue weighted by Gasteiger charge is -2.11. The van der Waals surface area contributed by atoms with E-state index in [2.05, 4.69) is 26.0 Å². The Morgan fingerprint density at radius 3 is 2.47 bits per heavy atom. The predicted octanol–water partition coefficient (Wildman–Crippen LogP) is 3.47. The van der Waals surface area contributed by atoms with Crippen molar-refractivity contribution in [3.05, 3.63) is 35.9 Å². The van der Waals surface area contributed by atoms with E-state index < -0.39 is 0 Å². The SMILES string of the molecule is CC(C)CCSCC(N)c1ccccc1. The average molecular weight is 223 g/mol. The molecule has 0 bridgehead atoms. The Morgan fingerprint density at radius 1 is 1.20 bits per heavy atom. The van der Waals surface area contributed by atoms with Crippen LogP contribution in [0.25, 0.3) is 0 Å². The summed E-state index contributed by atoms with van der Waals surface area (Å²) in [6.45, 7) is 4.52. The highest BCUT2D eigenvalue weighted by Crippen LogP contribution is 2.17. The molecule has 0 aliphatic rings. The van der Waals surface area contributed by atoms with Gasteiger partial charge in [0.1, 0.15) is 0 Å². The first-order chi connectivity index (χ1) is 7.20. The van der Waals surface area contributed by atoms with Gasteiger partial charge in [0.2, 0.25) is 0 Å². The number of hydrogen-bond donors (Lipinski definition) is 1. The zero-order valence-electron chi connectivity index (χ0n) is 9.65. The molecule has 1 nitrogen and oxygen atoms in total. The van der Waals surface area contributed by atoms with Crippen LogP contribution in [0.4, 0.5) is 0 Å². The minimum Gasteiger partial charge on any atom is -0.323 e. The Hall–Kier alpha value is -0.470. The van der Waals surface area contributed by atoms with Crippen LogP contribution in [0.15, 0.2) is 30.3 Å². The molecule has 1 atom stereocenters. The third-order valence-corrected chi connectivity index (χ3v) is 3.48. The highest BCUT2D eigenvalue weighted by Gasteiger charge is 2.04. The van der Waals surface area contributed by atoms with Gasteiger partial charge in [-0.05, 0) is 23.7 Å². The summed E-state index contributed by atoms with van der Waals surface area (Å²) in [4.78, 5) is 0. The third kappa shape index (κ3) is 5.24. The smallest absolute Gasteiger partial charge is 0.0386 e. The lowest BCUT2D eigenvalue weighted by Crippen LogP contribution is -2.13. The fourth-order valence-corrected chi connectivity index (χ4v) is 2.58. The molecule has 84 valence electrons. The molecule has 0 heterocycles. The predicted molar refractivity (Wildman–Crippen MR) is 70.2 cm³/mol. The van der Waals surface area contributed by atoms with Crippen molar-refractivity contribution in [2.45, 2.75) is 26.3 Å². The van der Waals surface area contributed by atoms with Crippen molar-refractivity contribution in [3.63, 3.8) is 0 Å². The molecule has 2 heteroatoms. The molecule has 1 rings (SSSR count). The van der Waals surface area contributed by atoms with E-state index in [-0.39, 0.29) is 6.04 Å². The molecular weight excluding hydrogens is 202 g/mol. The van der Waals surface area contributed by atoms with Crippen molar-refractivity contribution >= 4 is 11.8 Å². The normalized spacial score (nSPS) is 13.1. The highest BCUT2D eigenvalue weighted by atomic mass is 32.2. The van der Waals surface area contributed by atoms with Crippen LogP contribution in [0.1, 0.15) is 31.9 Å². The van der Waals surface area contributed by atoms with Crippen LogP contribution < -0.4 is 5.73 Å². The number of hydrogen-bond acceptors (Lipinski definition) is 2. The van der Waals surface area contributed by atoms with Crippen LogP contribution in [0.3, 0.4) is 0 Å². The molecule has 0 saturated carbocycles. The van der Waals surface area contributed by atoms with E-state index in [0.29, 0.717) is 0 Å². The van der Waals surface area contributed by atoms with E-state index in [1.54, 1.807) is 0 Å². The molecule has 0 fully saturated rings. The van der Waals surface area contributed by atoms with Crippen LogP contribution in [-0.2, 0) is 0 Å². The fraction of sp³-hybridized carbons (Fsp3) is 0.538. The van der Waals surface area contributed by atoms with Crippen LogP contribution in [0.2, 0.25) is 0 Å². The summed E-state index contributed by atoms with van der Waals surface area (Å²) in [5, 5.41) is 0. The number of rotatable bonds is 6. The molecule has 1 unspecified atom stereocenters. The Bertz CT molecular complexity index is 258. The monoisotopic (exact) mass is 223 g/mol. The molecule has 0 radical (unpaired) electrons. The Morgan fingerprint density at radius 2 is 1.87 bits per heavy atom. The maximum atomic E-state index is 6.09. The van der Waals surface area contributed by atoms with Crippen molar-refractivity contribution < 1.29 is 0 Å². The van der Waals surface area contributed by atoms with Gasteiger partial charge in [-0.2, -0.15) is 11.8 Å². The molecule has 1 aromatic rings. The van der Waals surface area contributed by atoms with E-state index in [1.165, 1.54) is 17.7 Å². The zero-order chi connectivity index (χ0) is 11.1. The highest BCUT2D eigenvalue weighted by molar-refractivity contribution is 7.99. The molecule has 0 saturated heterocycles. The summed E-state index contributed by atoms with van der Waals surface area (Å²) < 4.78 is 0. The third-order valence-electron chi connectivity index (χ3n) is 2.36. The zero-order valence-corrected chi connectivity index (χ0v) is 10.5. The first-order valence-corrected chi connectivity index (χ1v) is 6.74. The van der Waals surface area contributed by atoms with Gasteiger partial charge in [0, 0.05) is 11.8 Å². The van der Waals surface area contributed by atoms with Gasteiger partial charge in [-0.15, -0.1) is 0 Å². The van der Waals surface area contributed by atoms with Gasteiger partial charge >= 0.3 is 0 Å². The van der Waals surface area contributed by atoms with Crippen molar-refractivity contribution in [3.8, 4) is 0 Å². The standard InChI is InChI=1S/C13H21NS/c1-11(2)8-9-15-10-13(14)12-6-4-3-5-7-12/h3-7,11,13H,8-10,14H2,1-2H3. The Labute approximate surface area is 97.4 Å². The summed E-state index contributed by atoms with van der Waals surface area (Å²) in [5.74, 6) is 3.04. The second kappa shape index (κ2) is 6.91. The van der Waals surface area contributed by atoms with E-state index in [9.17, 15) is 0 Å². The number of thioether (sulfide) groups is 1. The van der Waals surface area contributed by atoms with E-state index in [0.717, 1.165) is 11.7 Å². The minimum absolute atomic E-state index is 0.184. The van der Waals surface area contributed by atoms with Gasteiger partial charge in [-0.25, -0.2) is 0 Å². The van der Waals surface area contributed by atoms with Crippen LogP contribution in [0, 0.1) is 5.92 Å². The lowest BCUT2D eigenvalue weighted by atomic mass is 10.1. The van der Waals surface area contributed by atoms with Gasteiger partial charge in [-0.1, -0.05) is 44.2 Å². The quantitative estimate of drug-likeness (QED) is 0.747. The molecule has 0 spiro atoms. The number of benzene rings is 1. The van der Waals surface area contributed by atoms with Crippen molar-refractivity contribution in [2.75, 3.05) is 11.5 Å². The first-order valence-electron chi connectivity index (χ1n) is 5.58. The first kappa shape index (κ1) is 12.6. The molecule has 0 aliphatic heterocycles. The Kier molecular flexibility index (Phi) is 5.81. The van der Waals surface area contributed by atoms with Crippen molar-refractivity contribution in [1.82, 2.24) is 0 Å². The maximum absolute atomic E-state index is 6.09. The molecule has 15 heavy (non-hydrogen) atoms. The second-order valence-electron chi connectivity index (χ2n) is 4.27. The maximum Gasteiger partial charge on any atom is 0.0386 e. The van der Waals surface area contributed by atoms with Gasteiger partial charge in [0.25, 0.3) is 0 Å². The summed E-state index contributed by atoms with van der Waals surface area (Å²) >= 11 is 1.96. The summed E-state index contributed by atoms with van der Waals surface area (Å²) in [7, 11) is 0. The van der Waals surface area contributed by atoms with Gasteiger partial charge in [-0.3, -0.25) is 0 Å². The van der Waals surface area contributed by atoms with Crippen LogP contribution in [0.5, 0.6) is 0 Å². The fourth-order valence-electron chi connectivity index (χ4n) is 1.33. The van der Waals surface area contributed by atoms with E-state index in [4.69, 9.17) is 5.73 Å². The Balaban J connectivity index is 2.22. The van der Waals surface area contributed by atoms with Crippen molar-refractivity contribution in [2.24, 2.45) is 11.7 Å². The summed E-state index contributed by atoms with van der Waals surface area (Å²) in [6, 6.07) is 10.5. The summed E-state index contributed by atoms with van der Waals surface area (Å²) in [6.07, 6.45) is 1.28. The minimum atomic E-state index is 0.184. The molecule has 0 aromatic heterocycles. The topological polar surface area (TPSA) is 26.0 Å². The van der Waals surface area contributed by atoms with Gasteiger partial charge in [0.15, 0.2) is 0 Å². The molecule has 2 N–H and O–H groups in total. The van der Waals surface area contributed by atoms with Crippen LogP contribution in [-0.4, -0.2) is 11.5 Å². The lowest BCUT2D eigenvalue weighted by molar-refractivity contribution is 0.631. The largest absolute Gasteiger partial charge is 0.323 e. The molecule has 0 aliphatic carbocycles. The van der Waals surface area contributed by atoms with E-state index in [1.807, 2.05) is 30.0 Å². The van der Waals surface area contributed by atoms with Crippen LogP contribution >= 0.6 is 11.8 Å². The number of nitrogens with two attached hydrogens (primary N) is 1. The van der Waals surface area contributed by atoms with Gasteiger partial charge in [0.05, 0.1) is 0 Å². The second-order valence-corrected chi connectivity index (χ2v) is 5.42. The summed E-state index contributed by atoms with van der Waals surface area (Å²) in [5.41, 5.74) is 7.34.